The number of aliphatic hydroxyl groups is 1. The Kier molecular flexibility index (Phi) is 8.77. The van der Waals surface area contributed by atoms with Crippen LogP contribution in [0.3, 0.4) is 0 Å². The minimum absolute atomic E-state index is 0.223. The van der Waals surface area contributed by atoms with E-state index < -0.39 is 6.10 Å². The van der Waals surface area contributed by atoms with E-state index in [-0.39, 0.29) is 5.60 Å². The van der Waals surface area contributed by atoms with Crippen LogP contribution in [0.2, 0.25) is 0 Å². The van der Waals surface area contributed by atoms with Gasteiger partial charge in [0.2, 0.25) is 0 Å². The molecule has 23 heavy (non-hydrogen) atoms. The Balaban J connectivity index is 2.55. The van der Waals surface area contributed by atoms with Crippen molar-refractivity contribution in [3.8, 4) is 0 Å². The highest BCUT2D eigenvalue weighted by Gasteiger charge is 2.16. The lowest BCUT2D eigenvalue weighted by Crippen LogP contribution is -2.37. The second kappa shape index (κ2) is 10.0. The molecule has 0 aliphatic carbocycles. The maximum Gasteiger partial charge on any atom is 0.0900 e. The summed E-state index contributed by atoms with van der Waals surface area (Å²) < 4.78 is 10.8. The minimum atomic E-state index is -0.484. The van der Waals surface area contributed by atoms with Crippen molar-refractivity contribution in [2.75, 3.05) is 33.4 Å². The van der Waals surface area contributed by atoms with Gasteiger partial charge in [-0.1, -0.05) is 29.8 Å². The van der Waals surface area contributed by atoms with Crippen molar-refractivity contribution >= 4 is 0 Å². The number of aryl methyl sites for hydroxylation is 1. The molecule has 0 bridgehead atoms. The Bertz CT molecular complexity index is 425. The van der Waals surface area contributed by atoms with E-state index in [4.69, 9.17) is 9.47 Å². The first-order chi connectivity index (χ1) is 10.8. The molecule has 0 saturated heterocycles. The Morgan fingerprint density at radius 1 is 1.17 bits per heavy atom. The first kappa shape index (κ1) is 20.1. The van der Waals surface area contributed by atoms with Crippen LogP contribution in [0, 0.1) is 6.92 Å². The van der Waals surface area contributed by atoms with Gasteiger partial charge in [0.15, 0.2) is 0 Å². The van der Waals surface area contributed by atoms with Gasteiger partial charge in [0.05, 0.1) is 18.3 Å². The van der Waals surface area contributed by atoms with E-state index in [1.54, 1.807) is 7.11 Å². The summed E-state index contributed by atoms with van der Waals surface area (Å²) in [5, 5.41) is 10.3. The van der Waals surface area contributed by atoms with Gasteiger partial charge in [0.25, 0.3) is 0 Å². The summed E-state index contributed by atoms with van der Waals surface area (Å²) in [7, 11) is 1.72. The SMILES string of the molecule is COCCCN(Cc1ccc(C)cc1)C[C@H](O)COC(C)(C)C. The van der Waals surface area contributed by atoms with Crippen LogP contribution in [0.15, 0.2) is 24.3 Å². The van der Waals surface area contributed by atoms with Crippen molar-refractivity contribution < 1.29 is 14.6 Å². The van der Waals surface area contributed by atoms with E-state index >= 15 is 0 Å². The zero-order valence-corrected chi connectivity index (χ0v) is 15.3. The van der Waals surface area contributed by atoms with E-state index in [9.17, 15) is 5.11 Å². The van der Waals surface area contributed by atoms with Crippen molar-refractivity contribution in [1.82, 2.24) is 4.90 Å². The van der Waals surface area contributed by atoms with Crippen molar-refractivity contribution in [1.29, 1.82) is 0 Å². The molecule has 0 heterocycles. The maximum absolute atomic E-state index is 10.3. The zero-order valence-electron chi connectivity index (χ0n) is 15.3. The Hall–Kier alpha value is -0.940. The third-order valence-corrected chi connectivity index (χ3v) is 3.53. The molecule has 0 aliphatic heterocycles. The summed E-state index contributed by atoms with van der Waals surface area (Å²) in [6, 6.07) is 8.55. The number of hydrogen-bond acceptors (Lipinski definition) is 4. The molecule has 1 aromatic rings. The number of rotatable bonds is 10. The number of aliphatic hydroxyl groups excluding tert-OH is 1. The van der Waals surface area contributed by atoms with Crippen LogP contribution in [0.1, 0.15) is 38.3 Å². The number of hydrogen-bond donors (Lipinski definition) is 1. The van der Waals surface area contributed by atoms with E-state index in [2.05, 4.69) is 36.1 Å². The topological polar surface area (TPSA) is 41.9 Å². The van der Waals surface area contributed by atoms with Crippen molar-refractivity contribution in [3.05, 3.63) is 35.4 Å². The highest BCUT2D eigenvalue weighted by Crippen LogP contribution is 2.11. The van der Waals surface area contributed by atoms with Gasteiger partial charge in [-0.15, -0.1) is 0 Å². The molecule has 132 valence electrons. The molecule has 0 aromatic heterocycles. The summed E-state index contributed by atoms with van der Waals surface area (Å²) in [5.41, 5.74) is 2.30. The maximum atomic E-state index is 10.3. The lowest BCUT2D eigenvalue weighted by Gasteiger charge is -2.27. The van der Waals surface area contributed by atoms with Gasteiger partial charge in [-0.3, -0.25) is 4.90 Å². The van der Waals surface area contributed by atoms with Gasteiger partial charge in [-0.2, -0.15) is 0 Å². The third-order valence-electron chi connectivity index (χ3n) is 3.53. The van der Waals surface area contributed by atoms with E-state index in [1.165, 1.54) is 11.1 Å². The van der Waals surface area contributed by atoms with Crippen molar-refractivity contribution in [3.63, 3.8) is 0 Å². The number of ether oxygens (including phenoxy) is 2. The molecule has 0 saturated carbocycles. The molecule has 0 amide bonds. The fourth-order valence-electron chi connectivity index (χ4n) is 2.32. The molecule has 1 aromatic carbocycles. The average molecular weight is 323 g/mol. The lowest BCUT2D eigenvalue weighted by molar-refractivity contribution is -0.0569. The van der Waals surface area contributed by atoms with Gasteiger partial charge in [0, 0.05) is 33.4 Å². The Labute approximate surface area is 141 Å². The van der Waals surface area contributed by atoms with Gasteiger partial charge in [-0.25, -0.2) is 0 Å². The first-order valence-corrected chi connectivity index (χ1v) is 8.39. The lowest BCUT2D eigenvalue weighted by atomic mass is 10.1. The first-order valence-electron chi connectivity index (χ1n) is 8.39. The summed E-state index contributed by atoms with van der Waals surface area (Å²) >= 11 is 0. The molecule has 4 nitrogen and oxygen atoms in total. The predicted molar refractivity (Wildman–Crippen MR) is 94.7 cm³/mol. The molecule has 1 N–H and O–H groups in total. The van der Waals surface area contributed by atoms with E-state index in [1.807, 2.05) is 20.8 Å². The predicted octanol–water partition coefficient (Wildman–Crippen LogP) is 3.01. The molecule has 0 spiro atoms. The Morgan fingerprint density at radius 2 is 1.83 bits per heavy atom. The normalized spacial score (nSPS) is 13.5. The molecule has 0 fully saturated rings. The molecule has 0 unspecified atom stereocenters. The van der Waals surface area contributed by atoms with Crippen LogP contribution < -0.4 is 0 Å². The van der Waals surface area contributed by atoms with Crippen LogP contribution >= 0.6 is 0 Å². The van der Waals surface area contributed by atoms with Crippen LogP contribution in [0.4, 0.5) is 0 Å². The van der Waals surface area contributed by atoms with E-state index in [0.29, 0.717) is 13.2 Å². The van der Waals surface area contributed by atoms with Crippen molar-refractivity contribution in [2.45, 2.75) is 52.4 Å². The molecule has 0 aliphatic rings. The quantitative estimate of drug-likeness (QED) is 0.672. The molecule has 1 rings (SSSR count). The summed E-state index contributed by atoms with van der Waals surface area (Å²) in [6.45, 7) is 11.5. The highest BCUT2D eigenvalue weighted by molar-refractivity contribution is 5.21. The molecule has 4 heteroatoms. The summed E-state index contributed by atoms with van der Waals surface area (Å²) in [5.74, 6) is 0. The monoisotopic (exact) mass is 323 g/mol. The molecule has 1 atom stereocenters. The fraction of sp³-hybridized carbons (Fsp3) is 0.684. The number of benzene rings is 1. The minimum Gasteiger partial charge on any atom is -0.389 e. The van der Waals surface area contributed by atoms with Crippen LogP contribution in [-0.2, 0) is 16.0 Å². The smallest absolute Gasteiger partial charge is 0.0900 e. The van der Waals surface area contributed by atoms with Gasteiger partial charge in [-0.05, 0) is 39.7 Å². The number of nitrogens with zero attached hydrogens (tertiary/aromatic N) is 1. The van der Waals surface area contributed by atoms with Crippen LogP contribution in [-0.4, -0.2) is 55.1 Å². The number of methoxy groups -OCH3 is 1. The largest absolute Gasteiger partial charge is 0.389 e. The summed E-state index contributed by atoms with van der Waals surface area (Å²) in [6.07, 6.45) is 0.470. The zero-order chi connectivity index (χ0) is 17.3. The third kappa shape index (κ3) is 9.72. The fourth-order valence-corrected chi connectivity index (χ4v) is 2.32. The van der Waals surface area contributed by atoms with Crippen molar-refractivity contribution in [2.24, 2.45) is 0 Å². The van der Waals surface area contributed by atoms with Gasteiger partial charge >= 0.3 is 0 Å². The summed E-state index contributed by atoms with van der Waals surface area (Å²) in [4.78, 5) is 2.26. The van der Waals surface area contributed by atoms with E-state index in [0.717, 1.165) is 26.1 Å². The second-order valence-electron chi connectivity index (χ2n) is 7.14. The van der Waals surface area contributed by atoms with Gasteiger partial charge in [0.1, 0.15) is 0 Å². The second-order valence-corrected chi connectivity index (χ2v) is 7.14. The molecular formula is C19H33NO3. The average Bonchev–Trinajstić information content (AvgIpc) is 2.47. The van der Waals surface area contributed by atoms with Crippen LogP contribution in [0.5, 0.6) is 0 Å². The Morgan fingerprint density at radius 3 is 2.39 bits per heavy atom. The standard InChI is InChI=1S/C19H33NO3/c1-16-7-9-17(10-8-16)13-20(11-6-12-22-5)14-18(21)15-23-19(2,3)4/h7-10,18,21H,6,11-15H2,1-5H3/t18-/m0/s1. The highest BCUT2D eigenvalue weighted by atomic mass is 16.5. The molecule has 0 radical (unpaired) electrons. The van der Waals surface area contributed by atoms with Gasteiger partial charge < -0.3 is 14.6 Å². The molecular weight excluding hydrogens is 290 g/mol. The van der Waals surface area contributed by atoms with Crippen LogP contribution in [0.25, 0.3) is 0 Å².